The molecule has 1 aromatic heterocycles. The van der Waals surface area contributed by atoms with Gasteiger partial charge in [0.05, 0.1) is 12.1 Å². The maximum absolute atomic E-state index is 10.6. The molecule has 3 saturated carbocycles. The second-order valence-corrected chi connectivity index (χ2v) is 9.83. The van der Waals surface area contributed by atoms with Gasteiger partial charge >= 0.3 is 0 Å². The van der Waals surface area contributed by atoms with Crippen LogP contribution in [0, 0.1) is 22.2 Å². The third kappa shape index (κ3) is 2.75. The van der Waals surface area contributed by atoms with Crippen LogP contribution in [0.4, 0.5) is 5.95 Å². The normalized spacial score (nSPS) is 41.6. The number of amidine groups is 1. The first-order valence-corrected chi connectivity index (χ1v) is 10.0. The Morgan fingerprint density at radius 1 is 1.19 bits per heavy atom. The van der Waals surface area contributed by atoms with E-state index in [1.807, 2.05) is 13.0 Å². The summed E-state index contributed by atoms with van der Waals surface area (Å²) in [5.74, 6) is 2.20. The van der Waals surface area contributed by atoms with Crippen LogP contribution >= 0.6 is 0 Å². The zero-order valence-corrected chi connectivity index (χ0v) is 16.5. The Balaban J connectivity index is 1.64. The number of aliphatic hydroxyl groups excluding tert-OH is 1. The highest BCUT2D eigenvalue weighted by Crippen LogP contribution is 2.69. The van der Waals surface area contributed by atoms with Crippen LogP contribution in [-0.2, 0) is 0 Å². The van der Waals surface area contributed by atoms with Crippen molar-refractivity contribution in [1.29, 1.82) is 0 Å². The number of hydrogen-bond acceptors (Lipinski definition) is 4. The number of anilines is 1. The van der Waals surface area contributed by atoms with Crippen molar-refractivity contribution in [3.05, 3.63) is 18.5 Å². The molecule has 0 aliphatic heterocycles. The van der Waals surface area contributed by atoms with Crippen LogP contribution in [0.3, 0.4) is 0 Å². The minimum Gasteiger partial charge on any atom is -0.393 e. The summed E-state index contributed by atoms with van der Waals surface area (Å²) in [6.07, 6.45) is 9.95. The highest BCUT2D eigenvalue weighted by atomic mass is 16.3. The topological polar surface area (TPSA) is 70.4 Å². The van der Waals surface area contributed by atoms with Crippen LogP contribution in [0.5, 0.6) is 0 Å². The molecule has 142 valence electrons. The summed E-state index contributed by atoms with van der Waals surface area (Å²) in [5.41, 5.74) is 0.602. The average Bonchev–Trinajstić information content (AvgIpc) is 2.78. The number of rotatable bonds is 2. The third-order valence-electron chi connectivity index (χ3n) is 7.65. The summed E-state index contributed by atoms with van der Waals surface area (Å²) < 4.78 is 0. The molecule has 3 aliphatic rings. The van der Waals surface area contributed by atoms with Crippen LogP contribution in [0.25, 0.3) is 0 Å². The van der Waals surface area contributed by atoms with Gasteiger partial charge in [-0.3, -0.25) is 4.99 Å². The van der Waals surface area contributed by atoms with Gasteiger partial charge in [-0.05, 0) is 73.7 Å². The van der Waals surface area contributed by atoms with E-state index in [-0.39, 0.29) is 16.9 Å². The van der Waals surface area contributed by atoms with E-state index < -0.39 is 0 Å². The van der Waals surface area contributed by atoms with E-state index in [1.165, 1.54) is 6.42 Å². The quantitative estimate of drug-likeness (QED) is 0.619. The number of fused-ring (bicyclic) bond motifs is 1. The lowest BCUT2D eigenvalue weighted by Crippen LogP contribution is -2.54. The van der Waals surface area contributed by atoms with Crippen molar-refractivity contribution < 1.29 is 5.11 Å². The molecule has 0 saturated heterocycles. The lowest BCUT2D eigenvalue weighted by molar-refractivity contribution is -0.119. The molecule has 3 aliphatic carbocycles. The maximum Gasteiger partial charge on any atom is 0.228 e. The first kappa shape index (κ1) is 17.9. The fraction of sp³-hybridized carbons (Fsp3) is 0.762. The zero-order valence-electron chi connectivity index (χ0n) is 16.5. The van der Waals surface area contributed by atoms with Crippen LogP contribution in [-0.4, -0.2) is 33.1 Å². The van der Waals surface area contributed by atoms with Gasteiger partial charge in [0, 0.05) is 12.4 Å². The summed E-state index contributed by atoms with van der Waals surface area (Å²) in [5, 5.41) is 13.9. The highest BCUT2D eigenvalue weighted by Gasteiger charge is 2.64. The lowest BCUT2D eigenvalue weighted by atomic mass is 9.49. The second-order valence-electron chi connectivity index (χ2n) is 9.83. The van der Waals surface area contributed by atoms with Crippen LogP contribution < -0.4 is 5.32 Å². The van der Waals surface area contributed by atoms with Gasteiger partial charge < -0.3 is 10.4 Å². The van der Waals surface area contributed by atoms with E-state index in [1.54, 1.807) is 12.4 Å². The first-order valence-electron chi connectivity index (χ1n) is 10.0. The Morgan fingerprint density at radius 3 is 2.65 bits per heavy atom. The number of aliphatic imine (C=N–C) groups is 1. The molecule has 2 bridgehead atoms. The van der Waals surface area contributed by atoms with E-state index >= 15 is 0 Å². The second kappa shape index (κ2) is 6.01. The van der Waals surface area contributed by atoms with Gasteiger partial charge in [-0.15, -0.1) is 0 Å². The number of hydrogen-bond donors (Lipinski definition) is 2. The summed E-state index contributed by atoms with van der Waals surface area (Å²) in [4.78, 5) is 13.7. The Bertz CT molecular complexity index is 703. The molecule has 3 fully saturated rings. The van der Waals surface area contributed by atoms with E-state index in [2.05, 4.69) is 36.1 Å². The van der Waals surface area contributed by atoms with Crippen molar-refractivity contribution >= 4 is 11.8 Å². The number of aliphatic hydroxyl groups is 1. The predicted molar refractivity (Wildman–Crippen MR) is 104 cm³/mol. The largest absolute Gasteiger partial charge is 0.393 e. The SMILES string of the molecule is CC(=N[C@H]1CC(C)(C)[C@@H]2CC[C@]3(C)C[C@]12CC[C@H]3O)Nc1ncccn1. The Labute approximate surface area is 156 Å². The lowest BCUT2D eigenvalue weighted by Gasteiger charge is -2.57. The fourth-order valence-electron chi connectivity index (χ4n) is 6.52. The standard InChI is InChI=1S/C21H32N4O/c1-14(25-18-22-10-5-11-23-18)24-16-12-19(2,3)15-6-8-20(4)13-21(15,16)9-7-17(20)26/h5,10-11,15-17,26H,6-9,12-13H2,1-4H3,(H,22,23,24,25)/t15-,16-,17+,20+,21-/m0/s1. The van der Waals surface area contributed by atoms with Gasteiger partial charge in [0.1, 0.15) is 5.84 Å². The summed E-state index contributed by atoms with van der Waals surface area (Å²) >= 11 is 0. The Morgan fingerprint density at radius 2 is 1.92 bits per heavy atom. The van der Waals surface area contributed by atoms with E-state index in [9.17, 15) is 5.11 Å². The molecule has 2 N–H and O–H groups in total. The minimum absolute atomic E-state index is 0.0623. The van der Waals surface area contributed by atoms with Gasteiger partial charge in [-0.25, -0.2) is 9.97 Å². The zero-order chi connectivity index (χ0) is 18.6. The molecule has 1 aromatic rings. The third-order valence-corrected chi connectivity index (χ3v) is 7.65. The average molecular weight is 357 g/mol. The van der Waals surface area contributed by atoms with Crippen molar-refractivity contribution in [2.45, 2.75) is 78.4 Å². The van der Waals surface area contributed by atoms with Gasteiger partial charge in [0.2, 0.25) is 5.95 Å². The highest BCUT2D eigenvalue weighted by molar-refractivity contribution is 5.92. The summed E-state index contributed by atoms with van der Waals surface area (Å²) in [7, 11) is 0. The smallest absolute Gasteiger partial charge is 0.228 e. The Hall–Kier alpha value is -1.49. The summed E-state index contributed by atoms with van der Waals surface area (Å²) in [6, 6.07) is 2.13. The molecule has 1 heterocycles. The molecule has 5 nitrogen and oxygen atoms in total. The monoisotopic (exact) mass is 356 g/mol. The Kier molecular flexibility index (Phi) is 4.14. The molecule has 0 radical (unpaired) electrons. The molecule has 1 spiro atoms. The van der Waals surface area contributed by atoms with Crippen molar-refractivity contribution in [2.75, 3.05) is 5.32 Å². The molecular weight excluding hydrogens is 324 g/mol. The molecule has 5 atom stereocenters. The van der Waals surface area contributed by atoms with Gasteiger partial charge in [0.25, 0.3) is 0 Å². The molecular formula is C21H32N4O. The first-order chi connectivity index (χ1) is 12.3. The van der Waals surface area contributed by atoms with Crippen LogP contribution in [0.1, 0.15) is 66.2 Å². The van der Waals surface area contributed by atoms with Crippen molar-refractivity contribution in [3.63, 3.8) is 0 Å². The van der Waals surface area contributed by atoms with Gasteiger partial charge in [-0.1, -0.05) is 20.8 Å². The van der Waals surface area contributed by atoms with E-state index in [4.69, 9.17) is 4.99 Å². The van der Waals surface area contributed by atoms with Gasteiger partial charge in [-0.2, -0.15) is 0 Å². The molecule has 0 amide bonds. The molecule has 4 rings (SSSR count). The van der Waals surface area contributed by atoms with Crippen LogP contribution in [0.15, 0.2) is 23.5 Å². The van der Waals surface area contributed by atoms with E-state index in [0.717, 1.165) is 37.9 Å². The molecule has 0 aromatic carbocycles. The fourth-order valence-corrected chi connectivity index (χ4v) is 6.52. The minimum atomic E-state index is -0.153. The van der Waals surface area contributed by atoms with Crippen molar-refractivity contribution in [3.8, 4) is 0 Å². The van der Waals surface area contributed by atoms with Gasteiger partial charge in [0.15, 0.2) is 0 Å². The number of aromatic nitrogens is 2. The maximum atomic E-state index is 10.6. The van der Waals surface area contributed by atoms with E-state index in [0.29, 0.717) is 23.3 Å². The predicted octanol–water partition coefficient (Wildman–Crippen LogP) is 4.05. The number of nitrogens with one attached hydrogen (secondary N) is 1. The van der Waals surface area contributed by atoms with Crippen LogP contribution in [0.2, 0.25) is 0 Å². The number of nitrogens with zero attached hydrogens (tertiary/aromatic N) is 3. The molecule has 0 unspecified atom stereocenters. The summed E-state index contributed by atoms with van der Waals surface area (Å²) in [6.45, 7) is 9.16. The van der Waals surface area contributed by atoms with Crippen molar-refractivity contribution in [2.24, 2.45) is 27.2 Å². The molecule has 5 heteroatoms. The van der Waals surface area contributed by atoms with Crippen molar-refractivity contribution in [1.82, 2.24) is 9.97 Å². The molecule has 26 heavy (non-hydrogen) atoms.